The zero-order valence-electron chi connectivity index (χ0n) is 12.6. The van der Waals surface area contributed by atoms with Crippen molar-refractivity contribution in [3.8, 4) is 0 Å². The number of hydrogen-bond acceptors (Lipinski definition) is 4. The van der Waals surface area contributed by atoms with Gasteiger partial charge >= 0.3 is 5.97 Å². The first kappa shape index (κ1) is 15.5. The Balaban J connectivity index is 2.09. The van der Waals surface area contributed by atoms with Crippen LogP contribution in [0.15, 0.2) is 18.2 Å². The highest BCUT2D eigenvalue weighted by atomic mass is 16.5. The highest BCUT2D eigenvalue weighted by molar-refractivity contribution is 5.89. The maximum Gasteiger partial charge on any atom is 0.338 e. The summed E-state index contributed by atoms with van der Waals surface area (Å²) in [4.78, 5) is 25.6. The Bertz CT molecular complexity index is 527. The molecule has 0 bridgehead atoms. The lowest BCUT2D eigenvalue weighted by Gasteiger charge is -2.29. The van der Waals surface area contributed by atoms with Crippen molar-refractivity contribution < 1.29 is 19.1 Å². The van der Waals surface area contributed by atoms with E-state index in [0.717, 1.165) is 12.0 Å². The van der Waals surface area contributed by atoms with Gasteiger partial charge in [0.05, 0.1) is 25.2 Å². The van der Waals surface area contributed by atoms with Crippen molar-refractivity contribution in [2.24, 2.45) is 0 Å². The molecule has 0 radical (unpaired) electrons. The fourth-order valence-corrected chi connectivity index (χ4v) is 2.46. The molecule has 5 nitrogen and oxygen atoms in total. The number of carbonyl (C=O) groups is 2. The van der Waals surface area contributed by atoms with Gasteiger partial charge in [0.2, 0.25) is 5.91 Å². The van der Waals surface area contributed by atoms with E-state index in [-0.39, 0.29) is 11.9 Å². The zero-order valence-corrected chi connectivity index (χ0v) is 12.6. The quantitative estimate of drug-likeness (QED) is 0.776. The average Bonchev–Trinajstić information content (AvgIpc) is 2.51. The van der Waals surface area contributed by atoms with Crippen molar-refractivity contribution >= 4 is 11.9 Å². The molecule has 0 atom stereocenters. The Kier molecular flexibility index (Phi) is 5.33. The number of hydrogen-bond donors (Lipinski definition) is 0. The lowest BCUT2D eigenvalue weighted by Crippen LogP contribution is -2.36. The molecular formula is C16H21NO4. The second-order valence-electron chi connectivity index (χ2n) is 5.01. The molecule has 1 aromatic carbocycles. The molecule has 114 valence electrons. The first-order valence-electron chi connectivity index (χ1n) is 7.21. The minimum Gasteiger partial charge on any atom is -0.462 e. The molecule has 5 heteroatoms. The Labute approximate surface area is 124 Å². The van der Waals surface area contributed by atoms with Crippen LogP contribution >= 0.6 is 0 Å². The number of benzene rings is 1. The summed E-state index contributed by atoms with van der Waals surface area (Å²) in [5.74, 6) is -0.229. The highest BCUT2D eigenvalue weighted by Crippen LogP contribution is 2.21. The standard InChI is InChI=1S/C16H21NO4/c1-3-21-16(19)13-5-4-12-6-8-17(11-14(12)10-13)15(18)7-9-20-2/h4-5,10H,3,6-9,11H2,1-2H3. The second kappa shape index (κ2) is 7.22. The fraction of sp³-hybridized carbons (Fsp3) is 0.500. The van der Waals surface area contributed by atoms with Crippen LogP contribution in [0.3, 0.4) is 0 Å². The van der Waals surface area contributed by atoms with Gasteiger partial charge in [0.25, 0.3) is 0 Å². The molecule has 0 N–H and O–H groups in total. The van der Waals surface area contributed by atoms with E-state index in [1.165, 1.54) is 5.56 Å². The summed E-state index contributed by atoms with van der Waals surface area (Å²) >= 11 is 0. The van der Waals surface area contributed by atoms with E-state index in [1.807, 2.05) is 17.0 Å². The van der Waals surface area contributed by atoms with Gasteiger partial charge in [-0.25, -0.2) is 4.79 Å². The van der Waals surface area contributed by atoms with E-state index >= 15 is 0 Å². The Hall–Kier alpha value is -1.88. The molecule has 1 aliphatic rings. The number of nitrogens with zero attached hydrogens (tertiary/aromatic N) is 1. The van der Waals surface area contributed by atoms with E-state index < -0.39 is 0 Å². The van der Waals surface area contributed by atoms with E-state index in [9.17, 15) is 9.59 Å². The Morgan fingerprint density at radius 3 is 2.81 bits per heavy atom. The van der Waals surface area contributed by atoms with Crippen LogP contribution < -0.4 is 0 Å². The van der Waals surface area contributed by atoms with Crippen LogP contribution in [-0.4, -0.2) is 43.6 Å². The van der Waals surface area contributed by atoms with Gasteiger partial charge in [-0.3, -0.25) is 4.79 Å². The normalized spacial score (nSPS) is 13.7. The molecule has 0 aromatic heterocycles. The first-order chi connectivity index (χ1) is 10.2. The molecule has 0 fully saturated rings. The van der Waals surface area contributed by atoms with Gasteiger partial charge in [0.1, 0.15) is 0 Å². The molecule has 0 saturated carbocycles. The molecule has 21 heavy (non-hydrogen) atoms. The van der Waals surface area contributed by atoms with Gasteiger partial charge in [0, 0.05) is 20.2 Å². The number of methoxy groups -OCH3 is 1. The summed E-state index contributed by atoms with van der Waals surface area (Å²) < 4.78 is 9.95. The van der Waals surface area contributed by atoms with Crippen molar-refractivity contribution in [3.63, 3.8) is 0 Å². The largest absolute Gasteiger partial charge is 0.462 e. The predicted octanol–water partition coefficient (Wildman–Crippen LogP) is 1.78. The fourth-order valence-electron chi connectivity index (χ4n) is 2.46. The first-order valence-corrected chi connectivity index (χ1v) is 7.21. The summed E-state index contributed by atoms with van der Waals surface area (Å²) in [6.07, 6.45) is 1.21. The third-order valence-corrected chi connectivity index (χ3v) is 3.60. The van der Waals surface area contributed by atoms with Crippen molar-refractivity contribution in [2.75, 3.05) is 26.9 Å². The monoisotopic (exact) mass is 291 g/mol. The molecule has 0 saturated heterocycles. The number of amides is 1. The lowest BCUT2D eigenvalue weighted by atomic mass is 9.97. The molecule has 1 heterocycles. The summed E-state index contributed by atoms with van der Waals surface area (Å²) in [6, 6.07) is 5.58. The van der Waals surface area contributed by atoms with Crippen LogP contribution in [0.5, 0.6) is 0 Å². The third-order valence-electron chi connectivity index (χ3n) is 3.60. The molecule has 2 rings (SSSR count). The summed E-state index contributed by atoms with van der Waals surface area (Å²) in [5.41, 5.74) is 2.76. The Morgan fingerprint density at radius 2 is 2.10 bits per heavy atom. The summed E-state index contributed by atoms with van der Waals surface area (Å²) in [5, 5.41) is 0. The molecular weight excluding hydrogens is 270 g/mol. The van der Waals surface area contributed by atoms with Crippen molar-refractivity contribution in [1.29, 1.82) is 0 Å². The molecule has 1 aliphatic heterocycles. The van der Waals surface area contributed by atoms with E-state index in [1.54, 1.807) is 20.1 Å². The predicted molar refractivity (Wildman–Crippen MR) is 78.0 cm³/mol. The highest BCUT2D eigenvalue weighted by Gasteiger charge is 2.21. The third kappa shape index (κ3) is 3.82. The Morgan fingerprint density at radius 1 is 1.29 bits per heavy atom. The smallest absolute Gasteiger partial charge is 0.338 e. The molecule has 1 amide bonds. The van der Waals surface area contributed by atoms with E-state index in [4.69, 9.17) is 9.47 Å². The summed E-state index contributed by atoms with van der Waals surface area (Å²) in [6.45, 7) is 3.84. The van der Waals surface area contributed by atoms with E-state index in [0.29, 0.717) is 38.3 Å². The minimum absolute atomic E-state index is 0.0871. The van der Waals surface area contributed by atoms with Crippen molar-refractivity contribution in [3.05, 3.63) is 34.9 Å². The van der Waals surface area contributed by atoms with Gasteiger partial charge < -0.3 is 14.4 Å². The van der Waals surface area contributed by atoms with Crippen LogP contribution in [0.4, 0.5) is 0 Å². The second-order valence-corrected chi connectivity index (χ2v) is 5.01. The van der Waals surface area contributed by atoms with Gasteiger partial charge in [-0.05, 0) is 36.6 Å². The number of rotatable bonds is 5. The van der Waals surface area contributed by atoms with Crippen LogP contribution in [0.1, 0.15) is 34.8 Å². The van der Waals surface area contributed by atoms with Crippen LogP contribution in [0.2, 0.25) is 0 Å². The van der Waals surface area contributed by atoms with Crippen LogP contribution in [-0.2, 0) is 27.2 Å². The maximum absolute atomic E-state index is 12.0. The zero-order chi connectivity index (χ0) is 15.2. The molecule has 0 unspecified atom stereocenters. The lowest BCUT2D eigenvalue weighted by molar-refractivity contribution is -0.133. The van der Waals surface area contributed by atoms with Gasteiger partial charge in [-0.2, -0.15) is 0 Å². The maximum atomic E-state index is 12.0. The summed E-state index contributed by atoms with van der Waals surface area (Å²) in [7, 11) is 1.59. The minimum atomic E-state index is -0.317. The van der Waals surface area contributed by atoms with Gasteiger partial charge in [-0.1, -0.05) is 6.07 Å². The number of esters is 1. The molecule has 0 spiro atoms. The number of ether oxygens (including phenoxy) is 2. The van der Waals surface area contributed by atoms with Crippen molar-refractivity contribution in [1.82, 2.24) is 4.90 Å². The number of carbonyl (C=O) groups excluding carboxylic acids is 2. The van der Waals surface area contributed by atoms with Crippen LogP contribution in [0, 0.1) is 0 Å². The SMILES string of the molecule is CCOC(=O)c1ccc2c(c1)CN(C(=O)CCOC)CC2. The van der Waals surface area contributed by atoms with Crippen LogP contribution in [0.25, 0.3) is 0 Å². The van der Waals surface area contributed by atoms with Gasteiger partial charge in [-0.15, -0.1) is 0 Å². The molecule has 1 aromatic rings. The van der Waals surface area contributed by atoms with Gasteiger partial charge in [0.15, 0.2) is 0 Å². The van der Waals surface area contributed by atoms with Crippen molar-refractivity contribution in [2.45, 2.75) is 26.3 Å². The topological polar surface area (TPSA) is 55.8 Å². The van der Waals surface area contributed by atoms with E-state index in [2.05, 4.69) is 0 Å². The number of fused-ring (bicyclic) bond motifs is 1. The average molecular weight is 291 g/mol. The molecule has 0 aliphatic carbocycles.